The minimum atomic E-state index is -0.352. The van der Waals surface area contributed by atoms with Gasteiger partial charge in [0.15, 0.2) is 6.61 Å². The first-order valence-corrected chi connectivity index (χ1v) is 9.31. The van der Waals surface area contributed by atoms with Crippen LogP contribution >= 0.6 is 0 Å². The molecule has 24 heavy (non-hydrogen) atoms. The minimum Gasteiger partial charge on any atom is -0.464 e. The van der Waals surface area contributed by atoms with Crippen LogP contribution in [0.5, 0.6) is 0 Å². The van der Waals surface area contributed by atoms with Crippen molar-refractivity contribution >= 4 is 11.7 Å². The Balaban J connectivity index is 1.38. The van der Waals surface area contributed by atoms with Crippen molar-refractivity contribution in [3.05, 3.63) is 29.8 Å². The van der Waals surface area contributed by atoms with Gasteiger partial charge in [0, 0.05) is 0 Å². The number of nitrogens with one attached hydrogen (secondary N) is 1. The van der Waals surface area contributed by atoms with Crippen molar-refractivity contribution in [2.24, 2.45) is 17.8 Å². The van der Waals surface area contributed by atoms with Gasteiger partial charge in [-0.15, -0.1) is 0 Å². The predicted octanol–water partition coefficient (Wildman–Crippen LogP) is 4.06. The molecule has 4 aliphatic carbocycles. The zero-order chi connectivity index (χ0) is 16.6. The average Bonchev–Trinajstić information content (AvgIpc) is 2.54. The fourth-order valence-electron chi connectivity index (χ4n) is 5.74. The van der Waals surface area contributed by atoms with Gasteiger partial charge in [-0.05, 0) is 86.3 Å². The molecule has 4 bridgehead atoms. The van der Waals surface area contributed by atoms with Crippen LogP contribution in [0.1, 0.15) is 51.0 Å². The third-order valence-corrected chi connectivity index (χ3v) is 6.22. The van der Waals surface area contributed by atoms with Crippen LogP contribution in [0.15, 0.2) is 24.3 Å². The second kappa shape index (κ2) is 6.40. The lowest BCUT2D eigenvalue weighted by molar-refractivity contribution is -0.147. The summed E-state index contributed by atoms with van der Waals surface area (Å²) in [6, 6.07) is 8.64. The van der Waals surface area contributed by atoms with Crippen molar-refractivity contribution in [1.29, 1.82) is 0 Å². The normalized spacial score (nSPS) is 33.5. The van der Waals surface area contributed by atoms with E-state index >= 15 is 0 Å². The highest BCUT2D eigenvalue weighted by atomic mass is 16.7. The largest absolute Gasteiger partial charge is 0.464 e. The zero-order valence-electron chi connectivity index (χ0n) is 14.4. The summed E-state index contributed by atoms with van der Waals surface area (Å²) >= 11 is 0. The summed E-state index contributed by atoms with van der Waals surface area (Å²) in [6.45, 7) is 2.08. The summed E-state index contributed by atoms with van der Waals surface area (Å²) in [5.74, 6) is 2.53. The quantitative estimate of drug-likeness (QED) is 0.631. The molecule has 0 saturated heterocycles. The van der Waals surface area contributed by atoms with Gasteiger partial charge >= 0.3 is 5.97 Å². The Morgan fingerprint density at radius 1 is 1.08 bits per heavy atom. The van der Waals surface area contributed by atoms with Gasteiger partial charge in [0.25, 0.3) is 0 Å². The Morgan fingerprint density at radius 2 is 1.67 bits per heavy atom. The molecule has 0 atom stereocenters. The van der Waals surface area contributed by atoms with Crippen LogP contribution in [-0.4, -0.2) is 19.2 Å². The van der Waals surface area contributed by atoms with Crippen molar-refractivity contribution < 1.29 is 14.4 Å². The summed E-state index contributed by atoms with van der Waals surface area (Å²) in [6.07, 6.45) is 8.56. The Morgan fingerprint density at radius 3 is 2.21 bits per heavy atom. The second-order valence-electron chi connectivity index (χ2n) is 7.97. The molecule has 0 aromatic heterocycles. The lowest BCUT2D eigenvalue weighted by Crippen LogP contribution is -2.48. The molecule has 0 spiro atoms. The molecule has 0 radical (unpaired) electrons. The van der Waals surface area contributed by atoms with Gasteiger partial charge in [-0.3, -0.25) is 10.3 Å². The first-order valence-electron chi connectivity index (χ1n) is 9.31. The number of rotatable bonds is 6. The van der Waals surface area contributed by atoms with Gasteiger partial charge in [-0.25, -0.2) is 4.79 Å². The molecule has 1 N–H and O–H groups in total. The highest BCUT2D eigenvalue weighted by molar-refractivity contribution is 5.70. The molecule has 0 heterocycles. The summed E-state index contributed by atoms with van der Waals surface area (Å²) in [5, 5.41) is 0. The Bertz CT molecular complexity index is 560. The topological polar surface area (TPSA) is 47.6 Å². The fraction of sp³-hybridized carbons (Fsp3) is 0.650. The third-order valence-electron chi connectivity index (χ3n) is 6.22. The summed E-state index contributed by atoms with van der Waals surface area (Å²) in [7, 11) is 0. The maximum Gasteiger partial charge on any atom is 0.334 e. The smallest absolute Gasteiger partial charge is 0.334 e. The molecule has 0 aliphatic heterocycles. The molecule has 4 saturated carbocycles. The first-order chi connectivity index (χ1) is 11.7. The number of carbonyl (C=O) groups excluding carboxylic acids is 1. The Hall–Kier alpha value is -1.55. The zero-order valence-corrected chi connectivity index (χ0v) is 14.4. The number of ether oxygens (including phenoxy) is 1. The standard InChI is InChI=1S/C20H27NO3/c1-2-23-19(22)13-24-21-18-5-3-17(4-6-18)20-10-14-7-15(11-20)9-16(8-14)12-20/h3-6,14-16,21H,2,7-13H2,1H3. The number of hydrogen-bond acceptors (Lipinski definition) is 4. The van der Waals surface area contributed by atoms with Crippen LogP contribution in [-0.2, 0) is 19.8 Å². The first kappa shape index (κ1) is 15.9. The van der Waals surface area contributed by atoms with Crippen molar-refractivity contribution in [2.45, 2.75) is 50.9 Å². The van der Waals surface area contributed by atoms with Gasteiger partial charge in [0.1, 0.15) is 0 Å². The maximum absolute atomic E-state index is 11.3. The Kier molecular flexibility index (Phi) is 4.25. The number of benzene rings is 1. The van der Waals surface area contributed by atoms with E-state index in [1.165, 1.54) is 44.1 Å². The van der Waals surface area contributed by atoms with E-state index in [0.717, 1.165) is 23.4 Å². The highest BCUT2D eigenvalue weighted by Crippen LogP contribution is 2.60. The molecule has 0 unspecified atom stereocenters. The van der Waals surface area contributed by atoms with Crippen LogP contribution in [0, 0.1) is 17.8 Å². The van der Waals surface area contributed by atoms with Crippen molar-refractivity contribution in [1.82, 2.24) is 0 Å². The van der Waals surface area contributed by atoms with Gasteiger partial charge in [-0.1, -0.05) is 12.1 Å². The molecule has 1 aromatic rings. The molecule has 130 valence electrons. The van der Waals surface area contributed by atoms with Gasteiger partial charge in [0.05, 0.1) is 12.3 Å². The monoisotopic (exact) mass is 329 g/mol. The Labute approximate surface area is 143 Å². The van der Waals surface area contributed by atoms with Crippen LogP contribution in [0.25, 0.3) is 0 Å². The van der Waals surface area contributed by atoms with Crippen LogP contribution in [0.3, 0.4) is 0 Å². The number of anilines is 1. The molecule has 4 fully saturated rings. The third kappa shape index (κ3) is 3.04. The predicted molar refractivity (Wildman–Crippen MR) is 92.5 cm³/mol. The molecular weight excluding hydrogens is 302 g/mol. The summed E-state index contributed by atoms with van der Waals surface area (Å²) in [4.78, 5) is 16.5. The van der Waals surface area contributed by atoms with Crippen molar-refractivity contribution in [2.75, 3.05) is 18.7 Å². The van der Waals surface area contributed by atoms with Crippen molar-refractivity contribution in [3.8, 4) is 0 Å². The summed E-state index contributed by atoms with van der Waals surface area (Å²) in [5.41, 5.74) is 5.64. The summed E-state index contributed by atoms with van der Waals surface area (Å²) < 4.78 is 4.83. The van der Waals surface area contributed by atoms with Crippen LogP contribution in [0.4, 0.5) is 5.69 Å². The van der Waals surface area contributed by atoms with E-state index in [0.29, 0.717) is 12.0 Å². The lowest BCUT2D eigenvalue weighted by Gasteiger charge is -2.57. The van der Waals surface area contributed by atoms with Crippen molar-refractivity contribution in [3.63, 3.8) is 0 Å². The SMILES string of the molecule is CCOC(=O)CONc1ccc(C23CC4CC(CC(C4)C2)C3)cc1. The van der Waals surface area contributed by atoms with E-state index in [-0.39, 0.29) is 12.6 Å². The molecule has 4 aliphatic rings. The molecule has 5 rings (SSSR count). The van der Waals surface area contributed by atoms with E-state index in [4.69, 9.17) is 9.57 Å². The van der Waals surface area contributed by atoms with Gasteiger partial charge < -0.3 is 4.74 Å². The van der Waals surface area contributed by atoms with E-state index in [9.17, 15) is 4.79 Å². The lowest BCUT2D eigenvalue weighted by atomic mass is 9.48. The number of carbonyl (C=O) groups is 1. The van der Waals surface area contributed by atoms with E-state index in [1.807, 2.05) is 0 Å². The van der Waals surface area contributed by atoms with E-state index < -0.39 is 0 Å². The molecule has 4 nitrogen and oxygen atoms in total. The molecular formula is C20H27NO3. The highest BCUT2D eigenvalue weighted by Gasteiger charge is 2.51. The molecule has 0 amide bonds. The average molecular weight is 329 g/mol. The van der Waals surface area contributed by atoms with Gasteiger partial charge in [0.2, 0.25) is 0 Å². The van der Waals surface area contributed by atoms with E-state index in [1.54, 1.807) is 6.92 Å². The van der Waals surface area contributed by atoms with Gasteiger partial charge in [-0.2, -0.15) is 0 Å². The second-order valence-corrected chi connectivity index (χ2v) is 7.97. The number of esters is 1. The molecule has 1 aromatic carbocycles. The molecule has 4 heteroatoms. The van der Waals surface area contributed by atoms with Crippen LogP contribution in [0.2, 0.25) is 0 Å². The minimum absolute atomic E-state index is 0.0788. The fourth-order valence-corrected chi connectivity index (χ4v) is 5.74. The number of hydrogen-bond donors (Lipinski definition) is 1. The van der Waals surface area contributed by atoms with E-state index in [2.05, 4.69) is 29.7 Å². The maximum atomic E-state index is 11.3. The van der Waals surface area contributed by atoms with Crippen LogP contribution < -0.4 is 5.48 Å².